The van der Waals surface area contributed by atoms with Crippen molar-refractivity contribution in [2.45, 2.75) is 19.0 Å². The van der Waals surface area contributed by atoms with Crippen molar-refractivity contribution in [3.63, 3.8) is 0 Å². The Kier molecular flexibility index (Phi) is 3.85. The van der Waals surface area contributed by atoms with Gasteiger partial charge in [-0.1, -0.05) is 18.2 Å². The Balaban J connectivity index is 2.83. The number of hydrogen-bond acceptors (Lipinski definition) is 1. The van der Waals surface area contributed by atoms with Crippen LogP contribution in [0.25, 0.3) is 0 Å². The zero-order chi connectivity index (χ0) is 11.5. The summed E-state index contributed by atoms with van der Waals surface area (Å²) < 4.78 is 40.6. The van der Waals surface area contributed by atoms with Gasteiger partial charge in [0.25, 0.3) is 0 Å². The van der Waals surface area contributed by atoms with E-state index in [2.05, 4.69) is 0 Å². The van der Waals surface area contributed by atoms with E-state index in [0.717, 1.165) is 0 Å². The molecule has 0 saturated carbocycles. The van der Waals surface area contributed by atoms with Crippen LogP contribution >= 0.6 is 11.6 Å². The van der Waals surface area contributed by atoms with Gasteiger partial charge >= 0.3 is 6.18 Å². The van der Waals surface area contributed by atoms with Gasteiger partial charge in [0, 0.05) is 5.56 Å². The number of alkyl halides is 4. The summed E-state index contributed by atoms with van der Waals surface area (Å²) in [6.45, 7) is 0.392. The van der Waals surface area contributed by atoms with Crippen LogP contribution in [0.15, 0.2) is 18.2 Å². The predicted octanol–water partition coefficient (Wildman–Crippen LogP) is 3.67. The second-order valence-electron chi connectivity index (χ2n) is 3.10. The third kappa shape index (κ3) is 3.63. The molecule has 0 N–H and O–H groups in total. The maximum atomic E-state index is 12.0. The van der Waals surface area contributed by atoms with Crippen LogP contribution in [0, 0.1) is 6.92 Å². The van der Waals surface area contributed by atoms with Crippen LogP contribution in [0.1, 0.15) is 11.1 Å². The molecule has 0 aliphatic rings. The molecule has 1 nitrogen and oxygen atoms in total. The number of para-hydroxylation sites is 1. The lowest BCUT2D eigenvalue weighted by atomic mass is 10.1. The molecule has 84 valence electrons. The first-order valence-corrected chi connectivity index (χ1v) is 4.81. The Hall–Kier alpha value is -0.900. The van der Waals surface area contributed by atoms with Crippen LogP contribution in [0.4, 0.5) is 13.2 Å². The lowest BCUT2D eigenvalue weighted by Gasteiger charge is -2.14. The normalized spacial score (nSPS) is 11.5. The first-order valence-electron chi connectivity index (χ1n) is 4.28. The molecule has 1 rings (SSSR count). The second kappa shape index (κ2) is 4.75. The summed E-state index contributed by atoms with van der Waals surface area (Å²) in [5, 5.41) is 0. The summed E-state index contributed by atoms with van der Waals surface area (Å²) >= 11 is 5.59. The molecule has 0 aliphatic carbocycles. The highest BCUT2D eigenvalue weighted by Gasteiger charge is 2.29. The molecule has 1 aromatic carbocycles. The van der Waals surface area contributed by atoms with E-state index in [1.54, 1.807) is 25.1 Å². The van der Waals surface area contributed by atoms with Crippen LogP contribution < -0.4 is 4.74 Å². The average Bonchev–Trinajstić information content (AvgIpc) is 2.14. The molecule has 5 heteroatoms. The van der Waals surface area contributed by atoms with Gasteiger partial charge in [-0.3, -0.25) is 0 Å². The Morgan fingerprint density at radius 2 is 2.00 bits per heavy atom. The van der Waals surface area contributed by atoms with Gasteiger partial charge in [0.2, 0.25) is 0 Å². The SMILES string of the molecule is Cc1cccc(CCl)c1OCC(F)(F)F. The van der Waals surface area contributed by atoms with Crippen molar-refractivity contribution in [3.05, 3.63) is 29.3 Å². The third-order valence-electron chi connectivity index (χ3n) is 1.82. The summed E-state index contributed by atoms with van der Waals surface area (Å²) in [5.74, 6) is 0.360. The van der Waals surface area contributed by atoms with Gasteiger partial charge in [-0.05, 0) is 12.5 Å². The monoisotopic (exact) mass is 238 g/mol. The zero-order valence-electron chi connectivity index (χ0n) is 8.07. The highest BCUT2D eigenvalue weighted by Crippen LogP contribution is 2.27. The Morgan fingerprint density at radius 3 is 2.53 bits per heavy atom. The molecule has 15 heavy (non-hydrogen) atoms. The fourth-order valence-electron chi connectivity index (χ4n) is 1.18. The van der Waals surface area contributed by atoms with Gasteiger partial charge in [-0.2, -0.15) is 13.2 Å². The van der Waals surface area contributed by atoms with Crippen molar-refractivity contribution >= 4 is 11.6 Å². The molecule has 0 atom stereocenters. The summed E-state index contributed by atoms with van der Waals surface area (Å²) in [5.41, 5.74) is 1.22. The van der Waals surface area contributed by atoms with E-state index in [0.29, 0.717) is 11.1 Å². The molecule has 0 saturated heterocycles. The first kappa shape index (κ1) is 12.2. The lowest BCUT2D eigenvalue weighted by molar-refractivity contribution is -0.153. The van der Waals surface area contributed by atoms with Crippen molar-refractivity contribution in [3.8, 4) is 5.75 Å². The predicted molar refractivity (Wildman–Crippen MR) is 52.3 cm³/mol. The number of halogens is 4. The highest BCUT2D eigenvalue weighted by atomic mass is 35.5. The molecular formula is C10H10ClF3O. The summed E-state index contributed by atoms with van der Waals surface area (Å²) in [4.78, 5) is 0. The Labute approximate surface area is 90.8 Å². The molecule has 0 fully saturated rings. The van der Waals surface area contributed by atoms with Crippen molar-refractivity contribution < 1.29 is 17.9 Å². The molecule has 0 aliphatic heterocycles. The molecule has 1 aromatic rings. The number of aryl methyl sites for hydroxylation is 1. The maximum absolute atomic E-state index is 12.0. The van der Waals surface area contributed by atoms with E-state index >= 15 is 0 Å². The fraction of sp³-hybridized carbons (Fsp3) is 0.400. The van der Waals surface area contributed by atoms with Crippen molar-refractivity contribution in [1.82, 2.24) is 0 Å². The molecule has 0 amide bonds. The summed E-state index contributed by atoms with van der Waals surface area (Å²) in [6.07, 6.45) is -4.33. The van der Waals surface area contributed by atoms with E-state index in [9.17, 15) is 13.2 Å². The zero-order valence-corrected chi connectivity index (χ0v) is 8.82. The van der Waals surface area contributed by atoms with Crippen molar-refractivity contribution in [2.75, 3.05) is 6.61 Å². The van der Waals surface area contributed by atoms with Gasteiger partial charge in [-0.15, -0.1) is 11.6 Å². The van der Waals surface area contributed by atoms with Gasteiger partial charge in [0.1, 0.15) is 5.75 Å². The quantitative estimate of drug-likeness (QED) is 0.730. The van der Waals surface area contributed by atoms with Crippen LogP contribution in [0.5, 0.6) is 5.75 Å². The van der Waals surface area contributed by atoms with Gasteiger partial charge in [0.05, 0.1) is 5.88 Å². The van der Waals surface area contributed by atoms with Crippen LogP contribution in [-0.2, 0) is 5.88 Å². The van der Waals surface area contributed by atoms with Crippen molar-refractivity contribution in [1.29, 1.82) is 0 Å². The van der Waals surface area contributed by atoms with Gasteiger partial charge in [0.15, 0.2) is 6.61 Å². The van der Waals surface area contributed by atoms with Crippen LogP contribution in [0.3, 0.4) is 0 Å². The number of ether oxygens (including phenoxy) is 1. The number of rotatable bonds is 3. The molecule has 0 radical (unpaired) electrons. The lowest BCUT2D eigenvalue weighted by Crippen LogP contribution is -2.20. The largest absolute Gasteiger partial charge is 0.484 e. The highest BCUT2D eigenvalue weighted by molar-refractivity contribution is 6.17. The molecule has 0 heterocycles. The standard InChI is InChI=1S/C10H10ClF3O/c1-7-3-2-4-8(5-11)9(7)15-6-10(12,13)14/h2-4H,5-6H2,1H3. The molecule has 0 spiro atoms. The van der Waals surface area contributed by atoms with E-state index in [1.807, 2.05) is 0 Å². The van der Waals surface area contributed by atoms with Gasteiger partial charge in [-0.25, -0.2) is 0 Å². The van der Waals surface area contributed by atoms with Gasteiger partial charge < -0.3 is 4.74 Å². The summed E-state index contributed by atoms with van der Waals surface area (Å²) in [6, 6.07) is 5.06. The maximum Gasteiger partial charge on any atom is 0.422 e. The number of hydrogen-bond donors (Lipinski definition) is 0. The fourth-order valence-corrected chi connectivity index (χ4v) is 1.39. The van der Waals surface area contributed by atoms with E-state index in [4.69, 9.17) is 16.3 Å². The minimum absolute atomic E-state index is 0.134. The molecular weight excluding hydrogens is 229 g/mol. The Bertz CT molecular complexity index is 336. The van der Waals surface area contributed by atoms with Crippen molar-refractivity contribution in [2.24, 2.45) is 0 Å². The van der Waals surface area contributed by atoms with Crippen LogP contribution in [0.2, 0.25) is 0 Å². The van der Waals surface area contributed by atoms with Crippen LogP contribution in [-0.4, -0.2) is 12.8 Å². The first-order chi connectivity index (χ1) is 6.94. The summed E-state index contributed by atoms with van der Waals surface area (Å²) in [7, 11) is 0. The Morgan fingerprint density at radius 1 is 1.33 bits per heavy atom. The van der Waals surface area contributed by atoms with E-state index in [1.165, 1.54) is 0 Å². The molecule has 0 aromatic heterocycles. The molecule has 0 bridgehead atoms. The van der Waals surface area contributed by atoms with E-state index < -0.39 is 12.8 Å². The molecule has 0 unspecified atom stereocenters. The smallest absolute Gasteiger partial charge is 0.422 e. The minimum Gasteiger partial charge on any atom is -0.484 e. The average molecular weight is 239 g/mol. The van der Waals surface area contributed by atoms with E-state index in [-0.39, 0.29) is 11.6 Å². The number of benzene rings is 1. The minimum atomic E-state index is -4.33. The topological polar surface area (TPSA) is 9.23 Å². The second-order valence-corrected chi connectivity index (χ2v) is 3.37. The third-order valence-corrected chi connectivity index (χ3v) is 2.11.